The van der Waals surface area contributed by atoms with Crippen LogP contribution >= 0.6 is 23.2 Å². The fraction of sp³-hybridized carbons (Fsp3) is 0.143. The molecule has 2 aromatic carbocycles. The number of nitrogens with two attached hydrogens (primary N) is 1. The summed E-state index contributed by atoms with van der Waals surface area (Å²) in [4.78, 5) is 0.137. The highest BCUT2D eigenvalue weighted by Gasteiger charge is 2.16. The van der Waals surface area contributed by atoms with Gasteiger partial charge in [0.1, 0.15) is 0 Å². The first-order valence-electron chi connectivity index (χ1n) is 6.13. The van der Waals surface area contributed by atoms with Crippen molar-refractivity contribution in [1.29, 1.82) is 0 Å². The van der Waals surface area contributed by atoms with Crippen molar-refractivity contribution in [3.8, 4) is 0 Å². The summed E-state index contributed by atoms with van der Waals surface area (Å²) < 4.78 is 27.0. The number of hydrogen-bond donors (Lipinski definition) is 2. The van der Waals surface area contributed by atoms with E-state index in [4.69, 9.17) is 28.9 Å². The third-order valence-corrected chi connectivity index (χ3v) is 4.82. The maximum atomic E-state index is 12.3. The molecular formula is C14H14Cl2N2O2S. The fourth-order valence-corrected chi connectivity index (χ4v) is 3.32. The Bertz CT molecular complexity index is 744. The summed E-state index contributed by atoms with van der Waals surface area (Å²) in [7, 11) is -3.71. The van der Waals surface area contributed by atoms with E-state index in [0.29, 0.717) is 5.02 Å². The van der Waals surface area contributed by atoms with Crippen molar-refractivity contribution in [3.05, 3.63) is 58.1 Å². The molecule has 2 aromatic rings. The number of sulfonamides is 1. The van der Waals surface area contributed by atoms with E-state index in [9.17, 15) is 8.42 Å². The minimum absolute atomic E-state index is 0.137. The van der Waals surface area contributed by atoms with Crippen molar-refractivity contribution < 1.29 is 8.42 Å². The van der Waals surface area contributed by atoms with Crippen LogP contribution in [-0.2, 0) is 10.0 Å². The maximum absolute atomic E-state index is 12.3. The van der Waals surface area contributed by atoms with Gasteiger partial charge in [-0.15, -0.1) is 0 Å². The van der Waals surface area contributed by atoms with Gasteiger partial charge in [0.25, 0.3) is 10.0 Å². The van der Waals surface area contributed by atoms with Crippen molar-refractivity contribution in [1.82, 2.24) is 0 Å². The monoisotopic (exact) mass is 344 g/mol. The molecule has 4 nitrogen and oxygen atoms in total. The van der Waals surface area contributed by atoms with Gasteiger partial charge in [-0.05, 0) is 42.8 Å². The molecule has 3 N–H and O–H groups in total. The standard InChI is InChI=1S/C14H14Cl2N2O2S/c1-9(17)10-2-5-12(6-3-10)21(19,20)18-14-7-4-11(15)8-13(14)16/h2-9,18H,17H2,1H3. The minimum Gasteiger partial charge on any atom is -0.324 e. The molecule has 0 saturated heterocycles. The summed E-state index contributed by atoms with van der Waals surface area (Å²) in [6, 6.07) is 10.8. The Morgan fingerprint density at radius 2 is 1.71 bits per heavy atom. The molecule has 1 atom stereocenters. The molecule has 2 rings (SSSR count). The van der Waals surface area contributed by atoms with Gasteiger partial charge in [-0.3, -0.25) is 4.72 Å². The molecule has 0 aliphatic rings. The van der Waals surface area contributed by atoms with Crippen molar-refractivity contribution in [2.24, 2.45) is 5.73 Å². The van der Waals surface area contributed by atoms with Crippen LogP contribution in [0.3, 0.4) is 0 Å². The Morgan fingerprint density at radius 3 is 2.24 bits per heavy atom. The largest absolute Gasteiger partial charge is 0.324 e. The second kappa shape index (κ2) is 6.23. The van der Waals surface area contributed by atoms with E-state index in [-0.39, 0.29) is 21.6 Å². The summed E-state index contributed by atoms with van der Waals surface area (Å²) in [6.45, 7) is 1.83. The lowest BCUT2D eigenvalue weighted by molar-refractivity contribution is 0.601. The van der Waals surface area contributed by atoms with Crippen LogP contribution in [0.2, 0.25) is 10.0 Å². The second-order valence-electron chi connectivity index (χ2n) is 4.59. The highest BCUT2D eigenvalue weighted by atomic mass is 35.5. The third kappa shape index (κ3) is 3.89. The fourth-order valence-electron chi connectivity index (χ4n) is 1.73. The summed E-state index contributed by atoms with van der Waals surface area (Å²) in [5.74, 6) is 0. The zero-order chi connectivity index (χ0) is 15.6. The predicted molar refractivity (Wildman–Crippen MR) is 86.3 cm³/mol. The maximum Gasteiger partial charge on any atom is 0.261 e. The number of benzene rings is 2. The van der Waals surface area contributed by atoms with Crippen molar-refractivity contribution in [2.45, 2.75) is 17.9 Å². The van der Waals surface area contributed by atoms with E-state index < -0.39 is 10.0 Å². The molecule has 1 unspecified atom stereocenters. The summed E-state index contributed by atoms with van der Waals surface area (Å²) in [6.07, 6.45) is 0. The third-order valence-electron chi connectivity index (χ3n) is 2.89. The van der Waals surface area contributed by atoms with Crippen molar-refractivity contribution in [2.75, 3.05) is 4.72 Å². The van der Waals surface area contributed by atoms with E-state index >= 15 is 0 Å². The van der Waals surface area contributed by atoms with Gasteiger partial charge in [-0.1, -0.05) is 35.3 Å². The van der Waals surface area contributed by atoms with Crippen LogP contribution in [0, 0.1) is 0 Å². The van der Waals surface area contributed by atoms with E-state index in [1.165, 1.54) is 24.3 Å². The van der Waals surface area contributed by atoms with Crippen LogP contribution in [0.15, 0.2) is 47.4 Å². The number of hydrogen-bond acceptors (Lipinski definition) is 3. The predicted octanol–water partition coefficient (Wildman–Crippen LogP) is 3.81. The average Bonchev–Trinajstić information content (AvgIpc) is 2.42. The van der Waals surface area contributed by atoms with Crippen LogP contribution in [0.4, 0.5) is 5.69 Å². The molecule has 0 saturated carbocycles. The van der Waals surface area contributed by atoms with Crippen LogP contribution < -0.4 is 10.5 Å². The summed E-state index contributed by atoms with van der Waals surface area (Å²) in [5, 5.41) is 0.669. The first-order chi connectivity index (χ1) is 9.79. The van der Waals surface area contributed by atoms with Gasteiger partial charge in [-0.2, -0.15) is 0 Å². The Hall–Kier alpha value is -1.27. The van der Waals surface area contributed by atoms with Crippen LogP contribution in [-0.4, -0.2) is 8.42 Å². The smallest absolute Gasteiger partial charge is 0.261 e. The number of rotatable bonds is 4. The van der Waals surface area contributed by atoms with Crippen LogP contribution in [0.1, 0.15) is 18.5 Å². The van der Waals surface area contributed by atoms with Gasteiger partial charge in [0.15, 0.2) is 0 Å². The molecule has 21 heavy (non-hydrogen) atoms. The van der Waals surface area contributed by atoms with Gasteiger partial charge in [-0.25, -0.2) is 8.42 Å². The number of anilines is 1. The Labute approximate surface area is 133 Å². The first kappa shape index (κ1) is 16.1. The van der Waals surface area contributed by atoms with E-state index in [0.717, 1.165) is 5.56 Å². The molecule has 0 spiro atoms. The Kier molecular flexibility index (Phi) is 4.78. The lowest BCUT2D eigenvalue weighted by Gasteiger charge is -2.11. The van der Waals surface area contributed by atoms with Gasteiger partial charge in [0.05, 0.1) is 15.6 Å². The van der Waals surface area contributed by atoms with Gasteiger partial charge >= 0.3 is 0 Å². The van der Waals surface area contributed by atoms with Crippen molar-refractivity contribution >= 4 is 38.9 Å². The number of halogens is 2. The normalized spacial score (nSPS) is 13.0. The molecule has 7 heteroatoms. The number of nitrogens with one attached hydrogen (secondary N) is 1. The lowest BCUT2D eigenvalue weighted by atomic mass is 10.1. The molecule has 0 fully saturated rings. The van der Waals surface area contributed by atoms with E-state index in [1.54, 1.807) is 18.2 Å². The zero-order valence-corrected chi connectivity index (χ0v) is 13.5. The van der Waals surface area contributed by atoms with Gasteiger partial charge in [0, 0.05) is 11.1 Å². The van der Waals surface area contributed by atoms with E-state index in [2.05, 4.69) is 4.72 Å². The first-order valence-corrected chi connectivity index (χ1v) is 8.37. The topological polar surface area (TPSA) is 72.2 Å². The molecule has 0 aliphatic carbocycles. The molecule has 0 aromatic heterocycles. The molecular weight excluding hydrogens is 331 g/mol. The summed E-state index contributed by atoms with van der Waals surface area (Å²) >= 11 is 11.7. The van der Waals surface area contributed by atoms with Gasteiger partial charge < -0.3 is 5.73 Å². The zero-order valence-electron chi connectivity index (χ0n) is 11.2. The Morgan fingerprint density at radius 1 is 1.10 bits per heavy atom. The minimum atomic E-state index is -3.71. The SMILES string of the molecule is CC(N)c1ccc(S(=O)(=O)Nc2ccc(Cl)cc2Cl)cc1. The van der Waals surface area contributed by atoms with Crippen molar-refractivity contribution in [3.63, 3.8) is 0 Å². The lowest BCUT2D eigenvalue weighted by Crippen LogP contribution is -2.13. The Balaban J connectivity index is 2.29. The molecule has 0 amide bonds. The molecule has 0 bridgehead atoms. The average molecular weight is 345 g/mol. The highest BCUT2D eigenvalue weighted by Crippen LogP contribution is 2.27. The summed E-state index contributed by atoms with van der Waals surface area (Å²) in [5.41, 5.74) is 6.87. The van der Waals surface area contributed by atoms with Gasteiger partial charge in [0.2, 0.25) is 0 Å². The molecule has 0 aliphatic heterocycles. The second-order valence-corrected chi connectivity index (χ2v) is 7.11. The quantitative estimate of drug-likeness (QED) is 0.885. The van der Waals surface area contributed by atoms with Crippen LogP contribution in [0.5, 0.6) is 0 Å². The van der Waals surface area contributed by atoms with E-state index in [1.807, 2.05) is 6.92 Å². The molecule has 0 heterocycles. The molecule has 0 radical (unpaired) electrons. The molecule has 112 valence electrons. The highest BCUT2D eigenvalue weighted by molar-refractivity contribution is 7.92. The van der Waals surface area contributed by atoms with Crippen LogP contribution in [0.25, 0.3) is 0 Å².